The first-order chi connectivity index (χ1) is 14.3. The molecule has 1 saturated heterocycles. The van der Waals surface area contributed by atoms with E-state index in [4.69, 9.17) is 0 Å². The van der Waals surface area contributed by atoms with Crippen molar-refractivity contribution in [1.29, 1.82) is 0 Å². The first-order valence-electron chi connectivity index (χ1n) is 10.1. The summed E-state index contributed by atoms with van der Waals surface area (Å²) in [6.07, 6.45) is 1.94. The molecule has 2 aromatic rings. The monoisotopic (exact) mass is 447 g/mol. The van der Waals surface area contributed by atoms with Crippen LogP contribution >= 0.6 is 11.8 Å². The van der Waals surface area contributed by atoms with Gasteiger partial charge >= 0.3 is 0 Å². The van der Waals surface area contributed by atoms with E-state index >= 15 is 0 Å². The molecular weight excluding hydrogens is 418 g/mol. The fourth-order valence-electron chi connectivity index (χ4n) is 3.44. The smallest absolute Gasteiger partial charge is 0.264 e. The van der Waals surface area contributed by atoms with Gasteiger partial charge in [0.05, 0.1) is 10.6 Å². The van der Waals surface area contributed by atoms with Crippen molar-refractivity contribution < 1.29 is 13.2 Å². The van der Waals surface area contributed by atoms with Crippen LogP contribution in [0, 0.1) is 6.92 Å². The maximum atomic E-state index is 13.5. The standard InChI is InChI=1S/C22H29N3O3S2/c1-4-23-13-15-24(16-14-23)22(26)17-25(19-7-5-18(2)6-8-19)30(27,28)21-11-9-20(29-3)10-12-21/h5-12H,4,13-17H2,1-3H3. The highest BCUT2D eigenvalue weighted by atomic mass is 32.2. The van der Waals surface area contributed by atoms with E-state index in [0.29, 0.717) is 18.8 Å². The molecule has 0 atom stereocenters. The Bertz CT molecular complexity index is 952. The van der Waals surface area contributed by atoms with Crippen molar-refractivity contribution in [3.05, 3.63) is 54.1 Å². The van der Waals surface area contributed by atoms with Gasteiger partial charge in [0.15, 0.2) is 0 Å². The zero-order valence-corrected chi connectivity index (χ0v) is 19.4. The maximum Gasteiger partial charge on any atom is 0.264 e. The van der Waals surface area contributed by atoms with Crippen LogP contribution in [0.15, 0.2) is 58.3 Å². The Hall–Kier alpha value is -2.03. The summed E-state index contributed by atoms with van der Waals surface area (Å²) in [6, 6.07) is 14.0. The predicted octanol–water partition coefficient (Wildman–Crippen LogP) is 3.08. The van der Waals surface area contributed by atoms with Gasteiger partial charge in [0, 0.05) is 31.1 Å². The van der Waals surface area contributed by atoms with Crippen molar-refractivity contribution >= 4 is 33.4 Å². The number of aryl methyl sites for hydroxylation is 1. The average Bonchev–Trinajstić information content (AvgIpc) is 2.78. The number of likely N-dealkylation sites (N-methyl/N-ethyl adjacent to an activating group) is 1. The molecule has 2 aromatic carbocycles. The molecule has 1 aliphatic heterocycles. The number of hydrogen-bond acceptors (Lipinski definition) is 5. The van der Waals surface area contributed by atoms with Crippen LogP contribution in [0.2, 0.25) is 0 Å². The molecule has 6 nitrogen and oxygen atoms in total. The fraction of sp³-hybridized carbons (Fsp3) is 0.409. The van der Waals surface area contributed by atoms with E-state index < -0.39 is 10.0 Å². The van der Waals surface area contributed by atoms with Crippen LogP contribution in [0.3, 0.4) is 0 Å². The summed E-state index contributed by atoms with van der Waals surface area (Å²) < 4.78 is 28.2. The summed E-state index contributed by atoms with van der Waals surface area (Å²) in [6.45, 7) is 7.67. The minimum absolute atomic E-state index is 0.171. The van der Waals surface area contributed by atoms with Gasteiger partial charge in [0.1, 0.15) is 6.54 Å². The lowest BCUT2D eigenvalue weighted by Gasteiger charge is -2.35. The number of piperazine rings is 1. The second-order valence-corrected chi connectivity index (χ2v) is 10.1. The van der Waals surface area contributed by atoms with Gasteiger partial charge < -0.3 is 9.80 Å². The highest BCUT2D eigenvalue weighted by Crippen LogP contribution is 2.26. The Labute approximate surface area is 183 Å². The molecule has 0 aromatic heterocycles. The SMILES string of the molecule is CCN1CCN(C(=O)CN(c2ccc(C)cc2)S(=O)(=O)c2ccc(SC)cc2)CC1. The molecule has 1 aliphatic rings. The molecule has 0 spiro atoms. The fourth-order valence-corrected chi connectivity index (χ4v) is 5.26. The average molecular weight is 448 g/mol. The Morgan fingerprint density at radius 2 is 1.60 bits per heavy atom. The van der Waals surface area contributed by atoms with Crippen molar-refractivity contribution in [2.24, 2.45) is 0 Å². The molecule has 162 valence electrons. The van der Waals surface area contributed by atoms with E-state index in [1.54, 1.807) is 53.1 Å². The van der Waals surface area contributed by atoms with E-state index in [1.807, 2.05) is 25.3 Å². The minimum atomic E-state index is -3.87. The van der Waals surface area contributed by atoms with Crippen molar-refractivity contribution in [2.45, 2.75) is 23.6 Å². The normalized spacial score (nSPS) is 15.2. The topological polar surface area (TPSA) is 60.9 Å². The molecule has 0 aliphatic carbocycles. The van der Waals surface area contributed by atoms with E-state index in [1.165, 1.54) is 4.31 Å². The lowest BCUT2D eigenvalue weighted by molar-refractivity contribution is -0.131. The summed E-state index contributed by atoms with van der Waals surface area (Å²) in [4.78, 5) is 18.2. The van der Waals surface area contributed by atoms with Gasteiger partial charge in [-0.05, 0) is 56.1 Å². The number of thioether (sulfide) groups is 1. The van der Waals surface area contributed by atoms with E-state index in [2.05, 4.69) is 11.8 Å². The molecule has 1 fully saturated rings. The molecule has 1 heterocycles. The van der Waals surface area contributed by atoms with Gasteiger partial charge in [0.25, 0.3) is 10.0 Å². The number of amides is 1. The van der Waals surface area contributed by atoms with Crippen molar-refractivity contribution in [2.75, 3.05) is 49.8 Å². The van der Waals surface area contributed by atoms with E-state index in [-0.39, 0.29) is 17.3 Å². The van der Waals surface area contributed by atoms with E-state index in [0.717, 1.165) is 30.1 Å². The lowest BCUT2D eigenvalue weighted by Crippen LogP contribution is -2.51. The molecule has 1 amide bonds. The molecular formula is C22H29N3O3S2. The van der Waals surface area contributed by atoms with Crippen LogP contribution in [-0.4, -0.2) is 69.6 Å². The predicted molar refractivity (Wildman–Crippen MR) is 123 cm³/mol. The Morgan fingerprint density at radius 3 is 2.13 bits per heavy atom. The highest BCUT2D eigenvalue weighted by Gasteiger charge is 2.30. The van der Waals surface area contributed by atoms with E-state index in [9.17, 15) is 13.2 Å². The van der Waals surface area contributed by atoms with Gasteiger partial charge in [-0.3, -0.25) is 9.10 Å². The number of sulfonamides is 1. The number of nitrogens with zero attached hydrogens (tertiary/aromatic N) is 3. The quantitative estimate of drug-likeness (QED) is 0.611. The van der Waals surface area contributed by atoms with Crippen LogP contribution in [0.5, 0.6) is 0 Å². The third-order valence-electron chi connectivity index (χ3n) is 5.42. The van der Waals surface area contributed by atoms with Crippen LogP contribution in [0.25, 0.3) is 0 Å². The number of benzene rings is 2. The van der Waals surface area contributed by atoms with Crippen molar-refractivity contribution in [1.82, 2.24) is 9.80 Å². The Kier molecular flexibility index (Phi) is 7.44. The molecule has 8 heteroatoms. The summed E-state index contributed by atoms with van der Waals surface area (Å²) in [5, 5.41) is 0. The third-order valence-corrected chi connectivity index (χ3v) is 7.95. The van der Waals surface area contributed by atoms with Gasteiger partial charge in [0.2, 0.25) is 5.91 Å². The zero-order valence-electron chi connectivity index (χ0n) is 17.7. The summed E-state index contributed by atoms with van der Waals surface area (Å²) in [5.41, 5.74) is 1.53. The molecule has 0 unspecified atom stereocenters. The molecule has 0 saturated carbocycles. The lowest BCUT2D eigenvalue weighted by atomic mass is 10.2. The Morgan fingerprint density at radius 1 is 1.00 bits per heavy atom. The third kappa shape index (κ3) is 5.17. The molecule has 0 bridgehead atoms. The van der Waals surface area contributed by atoms with Gasteiger partial charge in [-0.15, -0.1) is 11.8 Å². The molecule has 30 heavy (non-hydrogen) atoms. The van der Waals surface area contributed by atoms with Gasteiger partial charge in [-0.25, -0.2) is 8.42 Å². The second kappa shape index (κ2) is 9.85. The van der Waals surface area contributed by atoms with Crippen molar-refractivity contribution in [3.63, 3.8) is 0 Å². The number of carbonyl (C=O) groups is 1. The first-order valence-corrected chi connectivity index (χ1v) is 12.7. The van der Waals surface area contributed by atoms with Gasteiger partial charge in [-0.2, -0.15) is 0 Å². The zero-order chi connectivity index (χ0) is 21.7. The minimum Gasteiger partial charge on any atom is -0.339 e. The van der Waals surface area contributed by atoms with Crippen LogP contribution in [-0.2, 0) is 14.8 Å². The Balaban J connectivity index is 1.88. The van der Waals surface area contributed by atoms with Crippen LogP contribution < -0.4 is 4.31 Å². The molecule has 3 rings (SSSR count). The van der Waals surface area contributed by atoms with Gasteiger partial charge in [-0.1, -0.05) is 24.6 Å². The van der Waals surface area contributed by atoms with Crippen LogP contribution in [0.1, 0.15) is 12.5 Å². The summed E-state index contributed by atoms with van der Waals surface area (Å²) in [5.74, 6) is -0.171. The maximum absolute atomic E-state index is 13.5. The summed E-state index contributed by atoms with van der Waals surface area (Å²) in [7, 11) is -3.87. The second-order valence-electron chi connectivity index (χ2n) is 7.34. The van der Waals surface area contributed by atoms with Crippen LogP contribution in [0.4, 0.5) is 5.69 Å². The number of rotatable bonds is 7. The largest absolute Gasteiger partial charge is 0.339 e. The van der Waals surface area contributed by atoms with Crippen molar-refractivity contribution in [3.8, 4) is 0 Å². The molecule has 0 N–H and O–H groups in total. The number of anilines is 1. The summed E-state index contributed by atoms with van der Waals surface area (Å²) >= 11 is 1.55. The highest BCUT2D eigenvalue weighted by molar-refractivity contribution is 7.98. The number of carbonyl (C=O) groups excluding carboxylic acids is 1. The number of hydrogen-bond donors (Lipinski definition) is 0. The molecule has 0 radical (unpaired) electrons. The first kappa shape index (κ1) is 22.7.